The summed E-state index contributed by atoms with van der Waals surface area (Å²) in [5.41, 5.74) is 2.55. The third-order valence-corrected chi connectivity index (χ3v) is 5.11. The van der Waals surface area contributed by atoms with Gasteiger partial charge in [-0.05, 0) is 31.0 Å². The number of benzene rings is 2. The number of carbonyl (C=O) groups is 2. The van der Waals surface area contributed by atoms with Crippen LogP contribution in [0, 0.1) is 0 Å². The van der Waals surface area contributed by atoms with E-state index < -0.39 is 12.1 Å². The highest BCUT2D eigenvalue weighted by atomic mass is 16.5. The lowest BCUT2D eigenvalue weighted by molar-refractivity contribution is 0.0420. The molecule has 2 aromatic rings. The van der Waals surface area contributed by atoms with Crippen LogP contribution in [0.15, 0.2) is 48.5 Å². The molecule has 140 valence electrons. The number of methoxy groups -OCH3 is 1. The van der Waals surface area contributed by atoms with Crippen LogP contribution in [0.2, 0.25) is 0 Å². The number of fused-ring (bicyclic) bond motifs is 1. The Labute approximate surface area is 158 Å². The highest BCUT2D eigenvalue weighted by molar-refractivity contribution is 6.02. The van der Waals surface area contributed by atoms with E-state index in [1.54, 1.807) is 17.0 Å². The number of para-hydroxylation sites is 1. The van der Waals surface area contributed by atoms with E-state index in [1.165, 1.54) is 7.11 Å². The second-order valence-corrected chi connectivity index (χ2v) is 6.76. The quantitative estimate of drug-likeness (QED) is 0.842. The van der Waals surface area contributed by atoms with Crippen LogP contribution in [0.5, 0.6) is 0 Å². The van der Waals surface area contributed by atoms with E-state index >= 15 is 0 Å². The number of esters is 1. The lowest BCUT2D eigenvalue weighted by Crippen LogP contribution is -2.46. The first kappa shape index (κ1) is 17.5. The summed E-state index contributed by atoms with van der Waals surface area (Å²) in [5, 5.41) is 3.43. The second-order valence-electron chi connectivity index (χ2n) is 6.76. The van der Waals surface area contributed by atoms with Gasteiger partial charge in [-0.1, -0.05) is 30.3 Å². The van der Waals surface area contributed by atoms with Gasteiger partial charge >= 0.3 is 5.97 Å². The molecule has 2 aliphatic rings. The Bertz CT molecular complexity index is 861. The Balaban J connectivity index is 1.76. The maximum Gasteiger partial charge on any atom is 0.338 e. The van der Waals surface area contributed by atoms with Crippen molar-refractivity contribution < 1.29 is 19.1 Å². The number of nitrogens with zero attached hydrogens (tertiary/aromatic N) is 1. The third-order valence-electron chi connectivity index (χ3n) is 5.11. The summed E-state index contributed by atoms with van der Waals surface area (Å²) in [6, 6.07) is 14.7. The Kier molecular flexibility index (Phi) is 4.81. The van der Waals surface area contributed by atoms with E-state index in [9.17, 15) is 9.59 Å². The van der Waals surface area contributed by atoms with Gasteiger partial charge in [-0.2, -0.15) is 0 Å². The largest absolute Gasteiger partial charge is 0.465 e. The zero-order chi connectivity index (χ0) is 18.8. The van der Waals surface area contributed by atoms with E-state index in [0.717, 1.165) is 25.1 Å². The van der Waals surface area contributed by atoms with E-state index in [2.05, 4.69) is 5.32 Å². The molecule has 1 fully saturated rings. The maximum absolute atomic E-state index is 13.3. The van der Waals surface area contributed by atoms with Gasteiger partial charge in [-0.15, -0.1) is 0 Å². The number of hydrogen-bond donors (Lipinski definition) is 1. The van der Waals surface area contributed by atoms with Crippen molar-refractivity contribution in [3.63, 3.8) is 0 Å². The summed E-state index contributed by atoms with van der Waals surface area (Å²) < 4.78 is 10.7. The first-order chi connectivity index (χ1) is 13.2. The van der Waals surface area contributed by atoms with E-state index in [4.69, 9.17) is 9.47 Å². The van der Waals surface area contributed by atoms with Gasteiger partial charge in [-0.3, -0.25) is 4.79 Å². The molecular weight excluding hydrogens is 344 g/mol. The zero-order valence-electron chi connectivity index (χ0n) is 15.2. The van der Waals surface area contributed by atoms with Gasteiger partial charge in [0.25, 0.3) is 5.91 Å². The molecule has 0 bridgehead atoms. The average Bonchev–Trinajstić information content (AvgIpc) is 3.22. The number of amides is 1. The van der Waals surface area contributed by atoms with Crippen LogP contribution in [0.4, 0.5) is 5.69 Å². The van der Waals surface area contributed by atoms with Crippen LogP contribution < -0.4 is 5.32 Å². The Morgan fingerprint density at radius 3 is 2.78 bits per heavy atom. The van der Waals surface area contributed by atoms with Crippen molar-refractivity contribution in [1.82, 2.24) is 4.90 Å². The first-order valence-corrected chi connectivity index (χ1v) is 9.14. The number of hydrogen-bond acceptors (Lipinski definition) is 5. The monoisotopic (exact) mass is 366 g/mol. The van der Waals surface area contributed by atoms with E-state index in [1.807, 2.05) is 36.4 Å². The molecule has 0 aromatic heterocycles. The van der Waals surface area contributed by atoms with Gasteiger partial charge in [0.2, 0.25) is 0 Å². The predicted octanol–water partition coefficient (Wildman–Crippen LogP) is 3.22. The number of nitrogens with one attached hydrogen (secondary N) is 1. The predicted molar refractivity (Wildman–Crippen MR) is 101 cm³/mol. The highest BCUT2D eigenvalue weighted by Gasteiger charge is 2.36. The lowest BCUT2D eigenvalue weighted by atomic mass is 9.99. The van der Waals surface area contributed by atoms with Crippen molar-refractivity contribution >= 4 is 17.6 Å². The summed E-state index contributed by atoms with van der Waals surface area (Å²) in [5.74, 6) is -0.486. The Morgan fingerprint density at radius 1 is 1.22 bits per heavy atom. The van der Waals surface area contributed by atoms with Gasteiger partial charge in [0.1, 0.15) is 6.17 Å². The fourth-order valence-corrected chi connectivity index (χ4v) is 3.77. The molecule has 2 aromatic carbocycles. The topological polar surface area (TPSA) is 67.9 Å². The molecule has 1 N–H and O–H groups in total. The number of rotatable bonds is 4. The van der Waals surface area contributed by atoms with Crippen molar-refractivity contribution in [1.29, 1.82) is 0 Å². The van der Waals surface area contributed by atoms with Gasteiger partial charge in [0.05, 0.1) is 24.3 Å². The summed E-state index contributed by atoms with van der Waals surface area (Å²) in [4.78, 5) is 27.3. The fourth-order valence-electron chi connectivity index (χ4n) is 3.77. The Hall–Kier alpha value is -2.86. The normalized spacial score (nSPS) is 21.5. The molecule has 2 atom stereocenters. The van der Waals surface area contributed by atoms with Crippen molar-refractivity contribution in [2.24, 2.45) is 0 Å². The minimum absolute atomic E-state index is 0.00815. The van der Waals surface area contributed by atoms with Gasteiger partial charge in [-0.25, -0.2) is 4.79 Å². The van der Waals surface area contributed by atoms with E-state index in [-0.39, 0.29) is 12.0 Å². The van der Waals surface area contributed by atoms with Crippen molar-refractivity contribution in [2.45, 2.75) is 25.1 Å². The van der Waals surface area contributed by atoms with Crippen LogP contribution >= 0.6 is 0 Å². The summed E-state index contributed by atoms with van der Waals surface area (Å²) >= 11 is 0. The van der Waals surface area contributed by atoms with Gasteiger partial charge in [0.15, 0.2) is 0 Å². The molecule has 6 heteroatoms. The van der Waals surface area contributed by atoms with E-state index in [0.29, 0.717) is 23.2 Å². The molecule has 4 rings (SSSR count). The highest BCUT2D eigenvalue weighted by Crippen LogP contribution is 2.35. The molecule has 27 heavy (non-hydrogen) atoms. The van der Waals surface area contributed by atoms with Crippen LogP contribution in [0.25, 0.3) is 0 Å². The molecule has 1 amide bonds. The third kappa shape index (κ3) is 3.28. The molecule has 2 unspecified atom stereocenters. The number of ether oxygens (including phenoxy) is 2. The minimum Gasteiger partial charge on any atom is -0.465 e. The van der Waals surface area contributed by atoms with Crippen molar-refractivity contribution in [3.05, 3.63) is 65.2 Å². The van der Waals surface area contributed by atoms with Crippen molar-refractivity contribution in [3.8, 4) is 0 Å². The lowest BCUT2D eigenvalue weighted by Gasteiger charge is -2.39. The molecule has 0 saturated carbocycles. The van der Waals surface area contributed by atoms with Crippen LogP contribution in [0.3, 0.4) is 0 Å². The SMILES string of the molecule is COC(=O)c1ccccc1C1Nc2ccccc2C(=O)N1CC1CCCO1. The average molecular weight is 366 g/mol. The molecule has 2 heterocycles. The molecule has 0 aliphatic carbocycles. The number of carbonyl (C=O) groups excluding carboxylic acids is 2. The maximum atomic E-state index is 13.3. The summed E-state index contributed by atoms with van der Waals surface area (Å²) in [6.45, 7) is 1.19. The molecular formula is C21H22N2O4. The molecule has 2 aliphatic heterocycles. The van der Waals surface area contributed by atoms with Crippen LogP contribution in [-0.4, -0.2) is 43.1 Å². The van der Waals surface area contributed by atoms with Crippen molar-refractivity contribution in [2.75, 3.05) is 25.6 Å². The molecule has 0 spiro atoms. The van der Waals surface area contributed by atoms with Crippen LogP contribution in [0.1, 0.15) is 45.3 Å². The zero-order valence-corrected chi connectivity index (χ0v) is 15.2. The second kappa shape index (κ2) is 7.40. The van der Waals surface area contributed by atoms with Gasteiger partial charge in [0, 0.05) is 24.4 Å². The molecule has 6 nitrogen and oxygen atoms in total. The summed E-state index contributed by atoms with van der Waals surface area (Å²) in [7, 11) is 1.36. The smallest absolute Gasteiger partial charge is 0.338 e. The van der Waals surface area contributed by atoms with Crippen LogP contribution in [-0.2, 0) is 9.47 Å². The summed E-state index contributed by atoms with van der Waals surface area (Å²) in [6.07, 6.45) is 1.47. The van der Waals surface area contributed by atoms with Gasteiger partial charge < -0.3 is 19.7 Å². The standard InChI is InChI=1S/C21H22N2O4/c1-26-21(25)16-9-3-2-8-15(16)19-22-18-11-5-4-10-17(18)20(24)23(19)13-14-7-6-12-27-14/h2-5,8-11,14,19,22H,6-7,12-13H2,1H3. The number of anilines is 1. The molecule has 0 radical (unpaired) electrons. The minimum atomic E-state index is -0.466. The molecule has 1 saturated heterocycles. The first-order valence-electron chi connectivity index (χ1n) is 9.14. The fraction of sp³-hybridized carbons (Fsp3) is 0.333. The Morgan fingerprint density at radius 2 is 2.00 bits per heavy atom.